The summed E-state index contributed by atoms with van der Waals surface area (Å²) in [6.07, 6.45) is 5.53. The van der Waals surface area contributed by atoms with Crippen molar-refractivity contribution in [3.05, 3.63) is 0 Å². The van der Waals surface area contributed by atoms with Gasteiger partial charge in [-0.25, -0.2) is 0 Å². The zero-order valence-corrected chi connectivity index (χ0v) is 12.1. The standard InChI is InChI=1S/C15H28N2O/c1-10-7-8-17(11(2)9-10)15(18)13-5-4-6-14(16)12(13)3/h10-14H,4-9,16H2,1-3H3. The Kier molecular flexibility index (Phi) is 4.31. The molecule has 2 rings (SSSR count). The molecule has 104 valence electrons. The summed E-state index contributed by atoms with van der Waals surface area (Å²) in [5, 5.41) is 0. The van der Waals surface area contributed by atoms with Gasteiger partial charge in [0.1, 0.15) is 0 Å². The van der Waals surface area contributed by atoms with Gasteiger partial charge in [0.2, 0.25) is 5.91 Å². The second-order valence-electron chi connectivity index (χ2n) is 6.57. The van der Waals surface area contributed by atoms with E-state index in [2.05, 4.69) is 25.7 Å². The minimum absolute atomic E-state index is 0.171. The number of carbonyl (C=O) groups excluding carboxylic acids is 1. The van der Waals surface area contributed by atoms with Crippen molar-refractivity contribution >= 4 is 5.91 Å². The van der Waals surface area contributed by atoms with E-state index in [-0.39, 0.29) is 12.0 Å². The summed E-state index contributed by atoms with van der Waals surface area (Å²) >= 11 is 0. The van der Waals surface area contributed by atoms with Crippen LogP contribution in [0.3, 0.4) is 0 Å². The summed E-state index contributed by atoms with van der Waals surface area (Å²) in [6.45, 7) is 7.59. The Balaban J connectivity index is 2.02. The number of hydrogen-bond acceptors (Lipinski definition) is 2. The van der Waals surface area contributed by atoms with E-state index < -0.39 is 0 Å². The number of hydrogen-bond donors (Lipinski definition) is 1. The molecule has 1 aliphatic heterocycles. The molecule has 2 aliphatic rings. The molecule has 0 radical (unpaired) electrons. The lowest BCUT2D eigenvalue weighted by Gasteiger charge is -2.41. The molecule has 18 heavy (non-hydrogen) atoms. The van der Waals surface area contributed by atoms with Gasteiger partial charge in [-0.1, -0.05) is 20.3 Å². The van der Waals surface area contributed by atoms with E-state index in [9.17, 15) is 4.79 Å². The average molecular weight is 252 g/mol. The van der Waals surface area contributed by atoms with Crippen molar-refractivity contribution in [3.63, 3.8) is 0 Å². The van der Waals surface area contributed by atoms with Crippen LogP contribution in [0.5, 0.6) is 0 Å². The van der Waals surface area contributed by atoms with Gasteiger partial charge in [-0.15, -0.1) is 0 Å². The predicted molar refractivity (Wildman–Crippen MR) is 74.1 cm³/mol. The second kappa shape index (κ2) is 5.60. The summed E-state index contributed by atoms with van der Waals surface area (Å²) in [6, 6.07) is 0.623. The first-order chi connectivity index (χ1) is 8.50. The van der Waals surface area contributed by atoms with Gasteiger partial charge >= 0.3 is 0 Å². The number of nitrogens with zero attached hydrogens (tertiary/aromatic N) is 1. The third-order valence-electron chi connectivity index (χ3n) is 5.10. The summed E-state index contributed by atoms with van der Waals surface area (Å²) in [5.41, 5.74) is 6.12. The zero-order valence-electron chi connectivity index (χ0n) is 12.1. The molecular formula is C15H28N2O. The third kappa shape index (κ3) is 2.71. The fraction of sp³-hybridized carbons (Fsp3) is 0.933. The highest BCUT2D eigenvalue weighted by Crippen LogP contribution is 2.33. The number of carbonyl (C=O) groups is 1. The maximum atomic E-state index is 12.7. The van der Waals surface area contributed by atoms with Crippen LogP contribution < -0.4 is 5.73 Å². The molecule has 3 heteroatoms. The minimum Gasteiger partial charge on any atom is -0.340 e. The predicted octanol–water partition coefficient (Wildman–Crippen LogP) is 2.40. The molecular weight excluding hydrogens is 224 g/mol. The van der Waals surface area contributed by atoms with Crippen LogP contribution in [0.2, 0.25) is 0 Å². The fourth-order valence-corrected chi connectivity index (χ4v) is 3.69. The largest absolute Gasteiger partial charge is 0.340 e. The van der Waals surface area contributed by atoms with Crippen molar-refractivity contribution in [1.29, 1.82) is 0 Å². The van der Waals surface area contributed by atoms with Crippen molar-refractivity contribution in [2.45, 2.75) is 65.0 Å². The number of rotatable bonds is 1. The first-order valence-corrected chi connectivity index (χ1v) is 7.56. The van der Waals surface area contributed by atoms with E-state index in [1.165, 1.54) is 0 Å². The molecule has 0 aromatic heterocycles. The number of likely N-dealkylation sites (tertiary alicyclic amines) is 1. The van der Waals surface area contributed by atoms with Gasteiger partial charge in [-0.05, 0) is 44.4 Å². The fourth-order valence-electron chi connectivity index (χ4n) is 3.69. The van der Waals surface area contributed by atoms with Crippen LogP contribution in [0.4, 0.5) is 0 Å². The molecule has 2 fully saturated rings. The molecule has 5 unspecified atom stereocenters. The van der Waals surface area contributed by atoms with Gasteiger partial charge in [0.15, 0.2) is 0 Å². The van der Waals surface area contributed by atoms with Crippen LogP contribution in [-0.2, 0) is 4.79 Å². The molecule has 0 aromatic rings. The first-order valence-electron chi connectivity index (χ1n) is 7.56. The third-order valence-corrected chi connectivity index (χ3v) is 5.10. The Hall–Kier alpha value is -0.570. The highest BCUT2D eigenvalue weighted by atomic mass is 16.2. The second-order valence-corrected chi connectivity index (χ2v) is 6.57. The van der Waals surface area contributed by atoms with Crippen molar-refractivity contribution in [1.82, 2.24) is 4.90 Å². The van der Waals surface area contributed by atoms with Gasteiger partial charge in [-0.2, -0.15) is 0 Å². The highest BCUT2D eigenvalue weighted by molar-refractivity contribution is 5.79. The van der Waals surface area contributed by atoms with Crippen molar-refractivity contribution < 1.29 is 4.79 Å². The monoisotopic (exact) mass is 252 g/mol. The Bertz CT molecular complexity index is 305. The van der Waals surface area contributed by atoms with Crippen molar-refractivity contribution in [2.24, 2.45) is 23.5 Å². The summed E-state index contributed by atoms with van der Waals surface area (Å²) in [5.74, 6) is 1.65. The quantitative estimate of drug-likeness (QED) is 0.779. The molecule has 1 saturated heterocycles. The highest BCUT2D eigenvalue weighted by Gasteiger charge is 2.37. The molecule has 3 nitrogen and oxygen atoms in total. The van der Waals surface area contributed by atoms with Crippen LogP contribution >= 0.6 is 0 Å². The Labute approximate surface area is 111 Å². The Morgan fingerprint density at radius 2 is 1.89 bits per heavy atom. The molecule has 1 amide bonds. The normalized spacial score (nSPS) is 41.8. The lowest BCUT2D eigenvalue weighted by molar-refractivity contribution is -0.142. The minimum atomic E-state index is 0.171. The van der Waals surface area contributed by atoms with Gasteiger partial charge in [0, 0.05) is 24.5 Å². The molecule has 0 spiro atoms. The maximum absolute atomic E-state index is 12.7. The maximum Gasteiger partial charge on any atom is 0.226 e. The van der Waals surface area contributed by atoms with Crippen LogP contribution in [-0.4, -0.2) is 29.4 Å². The lowest BCUT2D eigenvalue weighted by Crippen LogP contribution is -2.51. The van der Waals surface area contributed by atoms with Gasteiger partial charge in [-0.3, -0.25) is 4.79 Å². The molecule has 2 N–H and O–H groups in total. The van der Waals surface area contributed by atoms with Crippen LogP contribution in [0.1, 0.15) is 52.9 Å². The van der Waals surface area contributed by atoms with E-state index >= 15 is 0 Å². The number of piperidine rings is 1. The van der Waals surface area contributed by atoms with Crippen LogP contribution in [0.15, 0.2) is 0 Å². The Morgan fingerprint density at radius 1 is 1.17 bits per heavy atom. The van der Waals surface area contributed by atoms with E-state index in [4.69, 9.17) is 5.73 Å². The first kappa shape index (κ1) is 13.9. The Morgan fingerprint density at radius 3 is 2.56 bits per heavy atom. The van der Waals surface area contributed by atoms with E-state index in [0.717, 1.165) is 44.6 Å². The van der Waals surface area contributed by atoms with Gasteiger partial charge < -0.3 is 10.6 Å². The lowest BCUT2D eigenvalue weighted by atomic mass is 9.76. The summed E-state index contributed by atoms with van der Waals surface area (Å²) in [4.78, 5) is 14.8. The van der Waals surface area contributed by atoms with E-state index in [0.29, 0.717) is 17.9 Å². The van der Waals surface area contributed by atoms with Crippen LogP contribution in [0, 0.1) is 17.8 Å². The molecule has 0 bridgehead atoms. The zero-order chi connectivity index (χ0) is 13.3. The molecule has 0 aromatic carbocycles. The molecule has 1 heterocycles. The number of amides is 1. The van der Waals surface area contributed by atoms with Crippen molar-refractivity contribution in [3.8, 4) is 0 Å². The van der Waals surface area contributed by atoms with E-state index in [1.807, 2.05) is 0 Å². The SMILES string of the molecule is CC1CCN(C(=O)C2CCCC(N)C2C)C(C)C1. The summed E-state index contributed by atoms with van der Waals surface area (Å²) < 4.78 is 0. The average Bonchev–Trinajstić information content (AvgIpc) is 2.32. The molecule has 5 atom stereocenters. The van der Waals surface area contributed by atoms with Gasteiger partial charge in [0.25, 0.3) is 0 Å². The topological polar surface area (TPSA) is 46.3 Å². The van der Waals surface area contributed by atoms with Crippen LogP contribution in [0.25, 0.3) is 0 Å². The van der Waals surface area contributed by atoms with E-state index in [1.54, 1.807) is 0 Å². The van der Waals surface area contributed by atoms with Crippen molar-refractivity contribution in [2.75, 3.05) is 6.54 Å². The summed E-state index contributed by atoms with van der Waals surface area (Å²) in [7, 11) is 0. The number of nitrogens with two attached hydrogens (primary N) is 1. The van der Waals surface area contributed by atoms with Gasteiger partial charge in [0.05, 0.1) is 0 Å². The molecule has 1 aliphatic carbocycles. The molecule has 1 saturated carbocycles. The smallest absolute Gasteiger partial charge is 0.226 e.